The van der Waals surface area contributed by atoms with E-state index in [1.165, 1.54) is 0 Å². The van der Waals surface area contributed by atoms with Crippen LogP contribution in [0, 0.1) is 5.41 Å². The Bertz CT molecular complexity index is 479. The van der Waals surface area contributed by atoms with Gasteiger partial charge >= 0.3 is 0 Å². The molecule has 0 bridgehead atoms. The first kappa shape index (κ1) is 15.4. The lowest BCUT2D eigenvalue weighted by atomic mass is 10.2. The monoisotopic (exact) mass is 293 g/mol. The molecule has 0 radical (unpaired) electrons. The van der Waals surface area contributed by atoms with Gasteiger partial charge in [0, 0.05) is 38.9 Å². The quantitative estimate of drug-likeness (QED) is 0.363. The first-order valence-corrected chi connectivity index (χ1v) is 7.31. The summed E-state index contributed by atoms with van der Waals surface area (Å²) in [5.74, 6) is 0.564. The van der Waals surface area contributed by atoms with Crippen LogP contribution in [0.25, 0.3) is 0 Å². The molecule has 0 aromatic carbocycles. The zero-order chi connectivity index (χ0) is 15.1. The Morgan fingerprint density at radius 3 is 2.95 bits per heavy atom. The molecule has 21 heavy (non-hydrogen) atoms. The molecule has 1 saturated heterocycles. The molecule has 0 saturated carbocycles. The summed E-state index contributed by atoms with van der Waals surface area (Å²) in [7, 11) is 0. The zero-order valence-corrected chi connectivity index (χ0v) is 12.4. The summed E-state index contributed by atoms with van der Waals surface area (Å²) in [6.45, 7) is 5.95. The smallest absolute Gasteiger partial charge is 0.244 e. The summed E-state index contributed by atoms with van der Waals surface area (Å²) in [6.07, 6.45) is 3.51. The minimum atomic E-state index is 0.0917. The molecule has 1 fully saturated rings. The van der Waals surface area contributed by atoms with Crippen LogP contribution >= 0.6 is 0 Å². The number of aryl methyl sites for hydroxylation is 1. The van der Waals surface area contributed by atoms with Gasteiger partial charge in [0.25, 0.3) is 0 Å². The van der Waals surface area contributed by atoms with Crippen molar-refractivity contribution in [2.24, 2.45) is 0 Å². The SMILES string of the molecule is CC(=N)NCCCc1cn(CC(=O)N2CCNCC2)nn1. The van der Waals surface area contributed by atoms with Crippen molar-refractivity contribution in [1.82, 2.24) is 30.5 Å². The maximum absolute atomic E-state index is 12.1. The highest BCUT2D eigenvalue weighted by molar-refractivity contribution is 5.76. The molecule has 8 heteroatoms. The van der Waals surface area contributed by atoms with Crippen molar-refractivity contribution in [1.29, 1.82) is 5.41 Å². The molecular weight excluding hydrogens is 270 g/mol. The molecule has 3 N–H and O–H groups in total. The van der Waals surface area contributed by atoms with E-state index in [1.54, 1.807) is 11.6 Å². The van der Waals surface area contributed by atoms with Gasteiger partial charge in [-0.15, -0.1) is 5.10 Å². The summed E-state index contributed by atoms with van der Waals surface area (Å²) in [6, 6.07) is 0. The molecule has 0 spiro atoms. The lowest BCUT2D eigenvalue weighted by Gasteiger charge is -2.27. The number of amides is 1. The third-order valence-electron chi connectivity index (χ3n) is 3.35. The molecule has 0 unspecified atom stereocenters. The van der Waals surface area contributed by atoms with Gasteiger partial charge in [0.1, 0.15) is 6.54 Å². The van der Waals surface area contributed by atoms with Gasteiger partial charge < -0.3 is 15.5 Å². The van der Waals surface area contributed by atoms with Crippen LogP contribution in [0.4, 0.5) is 0 Å². The van der Waals surface area contributed by atoms with Gasteiger partial charge in [-0.2, -0.15) is 0 Å². The third-order valence-corrected chi connectivity index (χ3v) is 3.35. The minimum Gasteiger partial charge on any atom is -0.374 e. The minimum absolute atomic E-state index is 0.0917. The Labute approximate surface area is 124 Å². The molecular formula is C13H23N7O. The van der Waals surface area contributed by atoms with Crippen LogP contribution in [0.1, 0.15) is 19.0 Å². The number of piperazine rings is 1. The van der Waals surface area contributed by atoms with Crippen molar-refractivity contribution in [3.05, 3.63) is 11.9 Å². The predicted molar refractivity (Wildman–Crippen MR) is 79.2 cm³/mol. The van der Waals surface area contributed by atoms with Crippen LogP contribution in [0.2, 0.25) is 0 Å². The van der Waals surface area contributed by atoms with Crippen molar-refractivity contribution in [3.63, 3.8) is 0 Å². The average Bonchev–Trinajstić information content (AvgIpc) is 2.92. The van der Waals surface area contributed by atoms with Crippen molar-refractivity contribution >= 4 is 11.7 Å². The average molecular weight is 293 g/mol. The lowest BCUT2D eigenvalue weighted by molar-refractivity contribution is -0.132. The maximum atomic E-state index is 12.1. The Morgan fingerprint density at radius 1 is 1.48 bits per heavy atom. The summed E-state index contributed by atoms with van der Waals surface area (Å²) < 4.78 is 1.61. The molecule has 2 heterocycles. The molecule has 1 aromatic heterocycles. The van der Waals surface area contributed by atoms with E-state index in [1.807, 2.05) is 11.1 Å². The van der Waals surface area contributed by atoms with E-state index in [0.29, 0.717) is 5.84 Å². The highest BCUT2D eigenvalue weighted by Gasteiger charge is 2.16. The number of rotatable bonds is 6. The van der Waals surface area contributed by atoms with Gasteiger partial charge in [0.15, 0.2) is 0 Å². The van der Waals surface area contributed by atoms with Gasteiger partial charge in [-0.3, -0.25) is 10.2 Å². The van der Waals surface area contributed by atoms with Crippen LogP contribution in [-0.2, 0) is 17.8 Å². The second-order valence-electron chi connectivity index (χ2n) is 5.19. The number of nitrogens with zero attached hydrogens (tertiary/aromatic N) is 4. The van der Waals surface area contributed by atoms with Crippen LogP contribution < -0.4 is 10.6 Å². The van der Waals surface area contributed by atoms with E-state index >= 15 is 0 Å². The van der Waals surface area contributed by atoms with Crippen molar-refractivity contribution < 1.29 is 4.79 Å². The third kappa shape index (κ3) is 5.14. The van der Waals surface area contributed by atoms with E-state index in [0.717, 1.165) is 51.3 Å². The molecule has 1 aromatic rings. The van der Waals surface area contributed by atoms with Gasteiger partial charge in [-0.25, -0.2) is 4.68 Å². The molecule has 1 aliphatic rings. The Morgan fingerprint density at radius 2 is 2.24 bits per heavy atom. The fraction of sp³-hybridized carbons (Fsp3) is 0.692. The first-order valence-electron chi connectivity index (χ1n) is 7.31. The van der Waals surface area contributed by atoms with Crippen LogP contribution in [-0.4, -0.2) is 64.4 Å². The molecule has 116 valence electrons. The Kier molecular flexibility index (Phi) is 5.68. The first-order chi connectivity index (χ1) is 10.1. The summed E-state index contributed by atoms with van der Waals surface area (Å²) >= 11 is 0. The van der Waals surface area contributed by atoms with Crippen LogP contribution in [0.5, 0.6) is 0 Å². The van der Waals surface area contributed by atoms with Crippen molar-refractivity contribution in [2.75, 3.05) is 32.7 Å². The molecule has 1 amide bonds. The number of hydrogen-bond donors (Lipinski definition) is 3. The second-order valence-corrected chi connectivity index (χ2v) is 5.19. The maximum Gasteiger partial charge on any atom is 0.244 e. The van der Waals surface area contributed by atoms with Crippen LogP contribution in [0.3, 0.4) is 0 Å². The fourth-order valence-electron chi connectivity index (χ4n) is 2.23. The molecule has 2 rings (SSSR count). The van der Waals surface area contributed by atoms with Gasteiger partial charge in [-0.05, 0) is 19.8 Å². The van der Waals surface area contributed by atoms with Gasteiger partial charge in [0.05, 0.1) is 11.5 Å². The second kappa shape index (κ2) is 7.72. The lowest BCUT2D eigenvalue weighted by Crippen LogP contribution is -2.47. The van der Waals surface area contributed by atoms with E-state index in [4.69, 9.17) is 5.41 Å². The molecule has 0 atom stereocenters. The summed E-state index contributed by atoms with van der Waals surface area (Å²) in [5, 5.41) is 21.5. The van der Waals surface area contributed by atoms with E-state index in [9.17, 15) is 4.79 Å². The van der Waals surface area contributed by atoms with E-state index in [2.05, 4.69) is 20.9 Å². The Hall–Kier alpha value is -1.96. The summed E-state index contributed by atoms with van der Waals surface area (Å²) in [4.78, 5) is 13.9. The number of aromatic nitrogens is 3. The molecule has 1 aliphatic heterocycles. The topological polar surface area (TPSA) is 98.9 Å². The van der Waals surface area contributed by atoms with Crippen molar-refractivity contribution in [3.8, 4) is 0 Å². The Balaban J connectivity index is 1.74. The zero-order valence-electron chi connectivity index (χ0n) is 12.4. The predicted octanol–water partition coefficient (Wildman–Crippen LogP) is -0.771. The highest BCUT2D eigenvalue weighted by atomic mass is 16.2. The number of carbonyl (C=O) groups is 1. The van der Waals surface area contributed by atoms with Gasteiger partial charge in [-0.1, -0.05) is 5.21 Å². The molecule has 0 aliphatic carbocycles. The largest absolute Gasteiger partial charge is 0.374 e. The fourth-order valence-corrected chi connectivity index (χ4v) is 2.23. The van der Waals surface area contributed by atoms with Crippen LogP contribution in [0.15, 0.2) is 6.20 Å². The normalized spacial score (nSPS) is 15.0. The standard InChI is InChI=1S/C13H23N7O/c1-11(14)16-4-2-3-12-9-20(18-17-12)10-13(21)19-7-5-15-6-8-19/h9,15H,2-8,10H2,1H3,(H2,14,16). The number of amidine groups is 1. The van der Waals surface area contributed by atoms with E-state index < -0.39 is 0 Å². The van der Waals surface area contributed by atoms with Crippen molar-refractivity contribution in [2.45, 2.75) is 26.3 Å². The highest BCUT2D eigenvalue weighted by Crippen LogP contribution is 2.00. The van der Waals surface area contributed by atoms with Gasteiger partial charge in [0.2, 0.25) is 5.91 Å². The summed E-state index contributed by atoms with van der Waals surface area (Å²) in [5.41, 5.74) is 0.882. The van der Waals surface area contributed by atoms with E-state index in [-0.39, 0.29) is 12.5 Å². The molecule has 8 nitrogen and oxygen atoms in total. The number of nitrogens with one attached hydrogen (secondary N) is 3. The number of carbonyl (C=O) groups excluding carboxylic acids is 1. The number of hydrogen-bond acceptors (Lipinski definition) is 5.